The van der Waals surface area contributed by atoms with E-state index in [4.69, 9.17) is 0 Å². The molecular weight excluding hydrogens is 278 g/mol. The Bertz CT molecular complexity index is 744. The first-order valence-corrected chi connectivity index (χ1v) is 7.02. The molecule has 21 heavy (non-hydrogen) atoms. The van der Waals surface area contributed by atoms with Crippen molar-refractivity contribution in [3.8, 4) is 0 Å². The molecule has 0 radical (unpaired) electrons. The van der Waals surface area contributed by atoms with Crippen molar-refractivity contribution in [2.75, 3.05) is 5.32 Å². The maximum absolute atomic E-state index is 3.55. The van der Waals surface area contributed by atoms with E-state index < -0.39 is 0 Å². The molecule has 0 aliphatic heterocycles. The van der Waals surface area contributed by atoms with Crippen LogP contribution in [0.5, 0.6) is 0 Å². The van der Waals surface area contributed by atoms with Crippen LogP contribution in [0.1, 0.15) is 16.7 Å². The van der Waals surface area contributed by atoms with Crippen LogP contribution in [0.4, 0.5) is 5.69 Å². The van der Waals surface area contributed by atoms with Gasteiger partial charge in [0.05, 0.1) is 0 Å². The second kappa shape index (κ2) is 6.64. The van der Waals surface area contributed by atoms with Gasteiger partial charge in [0.1, 0.15) is 0 Å². The van der Waals surface area contributed by atoms with Crippen molar-refractivity contribution in [1.29, 1.82) is 0 Å². The number of halogens is 1. The van der Waals surface area contributed by atoms with Crippen molar-refractivity contribution >= 4 is 28.9 Å². The van der Waals surface area contributed by atoms with Crippen LogP contribution in [0.2, 0.25) is 0 Å². The molecule has 1 nitrogen and oxygen atoms in total. The zero-order chi connectivity index (χ0) is 13.9. The lowest BCUT2D eigenvalue weighted by Gasteiger charge is -2.12. The van der Waals surface area contributed by atoms with E-state index in [1.807, 2.05) is 0 Å². The molecule has 1 N–H and O–H groups in total. The highest BCUT2D eigenvalue weighted by molar-refractivity contribution is 5.86. The number of aryl methyl sites for hydroxylation is 2. The average Bonchev–Trinajstić information content (AvgIpc) is 2.46. The van der Waals surface area contributed by atoms with Gasteiger partial charge in [0.15, 0.2) is 0 Å². The Labute approximate surface area is 132 Å². The molecule has 0 heterocycles. The van der Waals surface area contributed by atoms with Crippen LogP contribution in [0.15, 0.2) is 60.7 Å². The first-order chi connectivity index (χ1) is 9.74. The summed E-state index contributed by atoms with van der Waals surface area (Å²) in [5, 5.41) is 6.17. The number of fused-ring (bicyclic) bond motifs is 1. The Morgan fingerprint density at radius 2 is 1.62 bits per heavy atom. The number of rotatable bonds is 3. The molecule has 0 saturated heterocycles. The van der Waals surface area contributed by atoms with Crippen LogP contribution in [0, 0.1) is 13.8 Å². The van der Waals surface area contributed by atoms with Gasteiger partial charge in [-0.05, 0) is 41.8 Å². The van der Waals surface area contributed by atoms with Crippen LogP contribution in [0.25, 0.3) is 10.8 Å². The summed E-state index contributed by atoms with van der Waals surface area (Å²) in [6.45, 7) is 5.13. The molecule has 3 rings (SSSR count). The van der Waals surface area contributed by atoms with E-state index >= 15 is 0 Å². The second-order valence-electron chi connectivity index (χ2n) is 5.31. The summed E-state index contributed by atoms with van der Waals surface area (Å²) < 4.78 is 0. The van der Waals surface area contributed by atoms with Crippen LogP contribution in [0.3, 0.4) is 0 Å². The quantitative estimate of drug-likeness (QED) is 0.674. The van der Waals surface area contributed by atoms with Crippen LogP contribution in [-0.4, -0.2) is 0 Å². The minimum atomic E-state index is 0. The molecule has 0 saturated carbocycles. The molecular formula is C19H20ClN. The van der Waals surface area contributed by atoms with Crippen LogP contribution < -0.4 is 5.32 Å². The Kier molecular flexibility index (Phi) is 4.87. The Balaban J connectivity index is 0.00000161. The van der Waals surface area contributed by atoms with E-state index in [1.165, 1.54) is 33.2 Å². The summed E-state index contributed by atoms with van der Waals surface area (Å²) in [6, 6.07) is 21.5. The van der Waals surface area contributed by atoms with Crippen LogP contribution in [-0.2, 0) is 6.54 Å². The Hall–Kier alpha value is -1.99. The van der Waals surface area contributed by atoms with Crippen molar-refractivity contribution in [3.05, 3.63) is 77.4 Å². The van der Waals surface area contributed by atoms with Gasteiger partial charge in [-0.15, -0.1) is 12.4 Å². The Morgan fingerprint density at radius 3 is 2.43 bits per heavy atom. The predicted octanol–water partition coefficient (Wildman–Crippen LogP) is 5.49. The third kappa shape index (κ3) is 3.37. The molecule has 0 spiro atoms. The van der Waals surface area contributed by atoms with Crippen molar-refractivity contribution in [2.45, 2.75) is 20.4 Å². The smallest absolute Gasteiger partial charge is 0.0407 e. The normalized spacial score (nSPS) is 10.2. The lowest BCUT2D eigenvalue weighted by atomic mass is 10.0. The molecule has 3 aromatic rings. The average molecular weight is 298 g/mol. The Morgan fingerprint density at radius 1 is 0.857 bits per heavy atom. The highest BCUT2D eigenvalue weighted by Gasteiger charge is 2.02. The first kappa shape index (κ1) is 15.4. The van der Waals surface area contributed by atoms with Gasteiger partial charge in [-0.1, -0.05) is 60.2 Å². The molecule has 0 aliphatic rings. The number of anilines is 1. The number of hydrogen-bond donors (Lipinski definition) is 1. The third-order valence-corrected chi connectivity index (χ3v) is 3.73. The highest BCUT2D eigenvalue weighted by Crippen LogP contribution is 2.21. The molecule has 0 amide bonds. The fraction of sp³-hybridized carbons (Fsp3) is 0.158. The fourth-order valence-electron chi connectivity index (χ4n) is 2.65. The third-order valence-electron chi connectivity index (χ3n) is 3.73. The molecule has 0 aliphatic carbocycles. The molecule has 2 heteroatoms. The number of benzene rings is 3. The van der Waals surface area contributed by atoms with Gasteiger partial charge in [-0.25, -0.2) is 0 Å². The van der Waals surface area contributed by atoms with Gasteiger partial charge in [-0.2, -0.15) is 0 Å². The molecule has 3 aromatic carbocycles. The maximum atomic E-state index is 3.55. The van der Waals surface area contributed by atoms with E-state index in [-0.39, 0.29) is 12.4 Å². The minimum absolute atomic E-state index is 0. The largest absolute Gasteiger partial charge is 0.381 e. The molecule has 108 valence electrons. The molecule has 0 bridgehead atoms. The zero-order valence-electron chi connectivity index (χ0n) is 12.4. The molecule has 0 atom stereocenters. The summed E-state index contributed by atoms with van der Waals surface area (Å²) in [7, 11) is 0. The van der Waals surface area contributed by atoms with E-state index in [2.05, 4.69) is 79.8 Å². The van der Waals surface area contributed by atoms with Gasteiger partial charge < -0.3 is 5.32 Å². The topological polar surface area (TPSA) is 12.0 Å². The lowest BCUT2D eigenvalue weighted by molar-refractivity contribution is 1.15. The van der Waals surface area contributed by atoms with Crippen molar-refractivity contribution in [1.82, 2.24) is 0 Å². The summed E-state index contributed by atoms with van der Waals surface area (Å²) >= 11 is 0. The second-order valence-corrected chi connectivity index (χ2v) is 5.31. The summed E-state index contributed by atoms with van der Waals surface area (Å²) in [4.78, 5) is 0. The zero-order valence-corrected chi connectivity index (χ0v) is 13.2. The molecule has 0 aromatic heterocycles. The first-order valence-electron chi connectivity index (χ1n) is 7.02. The van der Waals surface area contributed by atoms with Crippen molar-refractivity contribution < 1.29 is 0 Å². The van der Waals surface area contributed by atoms with Gasteiger partial charge >= 0.3 is 0 Å². The number of nitrogens with one attached hydrogen (secondary N) is 1. The predicted molar refractivity (Wildman–Crippen MR) is 94.4 cm³/mol. The van der Waals surface area contributed by atoms with Gasteiger partial charge in [0, 0.05) is 12.2 Å². The fourth-order valence-corrected chi connectivity index (χ4v) is 2.65. The van der Waals surface area contributed by atoms with Crippen molar-refractivity contribution in [2.24, 2.45) is 0 Å². The highest BCUT2D eigenvalue weighted by atomic mass is 35.5. The summed E-state index contributed by atoms with van der Waals surface area (Å²) in [5.74, 6) is 0. The van der Waals surface area contributed by atoms with E-state index in [0.717, 1.165) is 6.54 Å². The van der Waals surface area contributed by atoms with E-state index in [9.17, 15) is 0 Å². The van der Waals surface area contributed by atoms with Crippen LogP contribution >= 0.6 is 12.4 Å². The summed E-state index contributed by atoms with van der Waals surface area (Å²) in [6.07, 6.45) is 0. The van der Waals surface area contributed by atoms with E-state index in [1.54, 1.807) is 0 Å². The SMILES string of the molecule is Cc1ccc(NCc2cccc3ccccc23)c(C)c1.Cl. The standard InChI is InChI=1S/C19H19N.ClH/c1-14-10-11-19(15(2)12-14)20-13-17-8-5-7-16-6-3-4-9-18(16)17;/h3-12,20H,13H2,1-2H3;1H. The molecule has 0 fully saturated rings. The summed E-state index contributed by atoms with van der Waals surface area (Å²) in [5.41, 5.74) is 5.15. The minimum Gasteiger partial charge on any atom is -0.381 e. The lowest BCUT2D eigenvalue weighted by Crippen LogP contribution is -2.01. The van der Waals surface area contributed by atoms with Gasteiger partial charge in [0.2, 0.25) is 0 Å². The van der Waals surface area contributed by atoms with Gasteiger partial charge in [-0.3, -0.25) is 0 Å². The van der Waals surface area contributed by atoms with E-state index in [0.29, 0.717) is 0 Å². The monoisotopic (exact) mass is 297 g/mol. The molecule has 0 unspecified atom stereocenters. The van der Waals surface area contributed by atoms with Crippen molar-refractivity contribution in [3.63, 3.8) is 0 Å². The maximum Gasteiger partial charge on any atom is 0.0407 e. The number of hydrogen-bond acceptors (Lipinski definition) is 1. The van der Waals surface area contributed by atoms with Gasteiger partial charge in [0.25, 0.3) is 0 Å².